The molecule has 204 valence electrons. The van der Waals surface area contributed by atoms with Crippen molar-refractivity contribution in [1.29, 1.82) is 0 Å². The van der Waals surface area contributed by atoms with E-state index in [0.29, 0.717) is 6.42 Å². The van der Waals surface area contributed by atoms with Gasteiger partial charge in [-0.15, -0.1) is 0 Å². The van der Waals surface area contributed by atoms with Crippen LogP contribution in [-0.4, -0.2) is 39.5 Å². The van der Waals surface area contributed by atoms with Gasteiger partial charge in [0.15, 0.2) is 0 Å². The fraction of sp³-hybridized carbons (Fsp3) is 0.171. The molecule has 1 aliphatic heterocycles. The van der Waals surface area contributed by atoms with Crippen molar-refractivity contribution in [2.45, 2.75) is 31.0 Å². The van der Waals surface area contributed by atoms with Gasteiger partial charge < -0.3 is 14.2 Å². The summed E-state index contributed by atoms with van der Waals surface area (Å²) < 4.78 is 7.40. The number of rotatable bonds is 7. The predicted molar refractivity (Wildman–Crippen MR) is 157 cm³/mol. The summed E-state index contributed by atoms with van der Waals surface area (Å²) in [5.74, 6) is -1.15. The summed E-state index contributed by atoms with van der Waals surface area (Å²) in [6, 6.07) is 39.0. The number of hydrogen-bond donors (Lipinski definition) is 0. The lowest BCUT2D eigenvalue weighted by molar-refractivity contribution is -0.154. The topological polar surface area (TPSA) is 64.4 Å². The third-order valence-corrected chi connectivity index (χ3v) is 7.84. The van der Waals surface area contributed by atoms with Crippen LogP contribution in [0.4, 0.5) is 0 Å². The quantitative estimate of drug-likeness (QED) is 0.245. The second-order valence-electron chi connectivity index (χ2n) is 10.2. The van der Waals surface area contributed by atoms with E-state index in [-0.39, 0.29) is 18.5 Å². The minimum absolute atomic E-state index is 0.129. The Morgan fingerprint density at radius 2 is 1.20 bits per heavy atom. The molecule has 0 saturated carbocycles. The highest BCUT2D eigenvalue weighted by molar-refractivity contribution is 5.91. The minimum Gasteiger partial charge on any atom is -0.467 e. The number of ether oxygens (including phenoxy) is 1. The van der Waals surface area contributed by atoms with Crippen molar-refractivity contribution in [3.05, 3.63) is 161 Å². The molecule has 2 heterocycles. The molecule has 4 aromatic carbocycles. The van der Waals surface area contributed by atoms with Crippen LogP contribution in [0.1, 0.15) is 45.6 Å². The normalized spacial score (nSPS) is 14.6. The number of nitrogens with zero attached hydrogens (tertiary/aromatic N) is 3. The van der Waals surface area contributed by atoms with Crippen LogP contribution in [0.15, 0.2) is 128 Å². The summed E-state index contributed by atoms with van der Waals surface area (Å²) in [6.45, 7) is 0.216. The Bertz CT molecular complexity index is 1540. The first-order valence-corrected chi connectivity index (χ1v) is 13.8. The largest absolute Gasteiger partial charge is 0.467 e. The first-order chi connectivity index (χ1) is 20.2. The molecule has 1 aromatic heterocycles. The minimum atomic E-state index is -0.780. The molecule has 0 N–H and O–H groups in total. The number of hydrogen-bond acceptors (Lipinski definition) is 4. The molecule has 0 spiro atoms. The highest BCUT2D eigenvalue weighted by atomic mass is 16.5. The third-order valence-electron chi connectivity index (χ3n) is 7.84. The maximum atomic E-state index is 14.4. The van der Waals surface area contributed by atoms with Gasteiger partial charge in [0.05, 0.1) is 37.6 Å². The van der Waals surface area contributed by atoms with Crippen LogP contribution in [0, 0.1) is 0 Å². The van der Waals surface area contributed by atoms with Gasteiger partial charge >= 0.3 is 5.97 Å². The standard InChI is InChI=1S/C35H31N3O3/c1-41-35(40)31-22-30-29(36-24-38(30)33(27-18-10-4-11-19-27)28-20-12-5-13-21-28)23-37(31)34(39)32(25-14-6-2-7-15-25)26-16-8-3-9-17-26/h2-21,24,31-33H,22-23H2,1H3/t31-/m0/s1. The summed E-state index contributed by atoms with van der Waals surface area (Å²) in [6.07, 6.45) is 2.14. The lowest BCUT2D eigenvalue weighted by Crippen LogP contribution is -2.51. The zero-order valence-electron chi connectivity index (χ0n) is 22.8. The number of esters is 1. The van der Waals surface area contributed by atoms with E-state index in [1.54, 1.807) is 4.90 Å². The zero-order chi connectivity index (χ0) is 28.2. The van der Waals surface area contributed by atoms with Crippen molar-refractivity contribution in [2.75, 3.05) is 7.11 Å². The Kier molecular flexibility index (Phi) is 7.46. The van der Waals surface area contributed by atoms with E-state index in [1.165, 1.54) is 7.11 Å². The summed E-state index contributed by atoms with van der Waals surface area (Å²) in [4.78, 5) is 34.1. The second kappa shape index (κ2) is 11.6. The molecular formula is C35H31N3O3. The first kappa shape index (κ1) is 26.3. The number of carbonyl (C=O) groups is 2. The number of fused-ring (bicyclic) bond motifs is 1. The monoisotopic (exact) mass is 541 g/mol. The lowest BCUT2D eigenvalue weighted by atomic mass is 9.88. The number of carbonyl (C=O) groups excluding carboxylic acids is 2. The molecule has 1 atom stereocenters. The van der Waals surface area contributed by atoms with Crippen LogP contribution >= 0.6 is 0 Å². The predicted octanol–water partition coefficient (Wildman–Crippen LogP) is 5.78. The number of benzene rings is 4. The van der Waals surface area contributed by atoms with Crippen molar-refractivity contribution in [3.63, 3.8) is 0 Å². The number of amides is 1. The van der Waals surface area contributed by atoms with Gasteiger partial charge in [0.1, 0.15) is 6.04 Å². The molecule has 1 amide bonds. The second-order valence-corrected chi connectivity index (χ2v) is 10.2. The van der Waals surface area contributed by atoms with Gasteiger partial charge in [0.2, 0.25) is 5.91 Å². The fourth-order valence-electron chi connectivity index (χ4n) is 5.86. The first-order valence-electron chi connectivity index (χ1n) is 13.8. The van der Waals surface area contributed by atoms with Gasteiger partial charge in [-0.3, -0.25) is 4.79 Å². The molecule has 0 bridgehead atoms. The van der Waals surface area contributed by atoms with Gasteiger partial charge in [-0.2, -0.15) is 0 Å². The summed E-state index contributed by atoms with van der Waals surface area (Å²) in [5, 5.41) is 0. The smallest absolute Gasteiger partial charge is 0.328 e. The number of aromatic nitrogens is 2. The van der Waals surface area contributed by atoms with E-state index in [0.717, 1.165) is 33.6 Å². The van der Waals surface area contributed by atoms with E-state index < -0.39 is 17.9 Å². The molecule has 6 rings (SSSR count). The Hall–Kier alpha value is -4.97. The number of imidazole rings is 1. The van der Waals surface area contributed by atoms with Crippen LogP contribution in [0.25, 0.3) is 0 Å². The average Bonchev–Trinajstić information content (AvgIpc) is 3.45. The summed E-state index contributed by atoms with van der Waals surface area (Å²) >= 11 is 0. The van der Waals surface area contributed by atoms with Crippen LogP contribution in [-0.2, 0) is 27.3 Å². The molecule has 1 aliphatic rings. The van der Waals surface area contributed by atoms with Crippen molar-refractivity contribution in [3.8, 4) is 0 Å². The molecule has 0 aliphatic carbocycles. The third kappa shape index (κ3) is 5.16. The van der Waals surface area contributed by atoms with Crippen molar-refractivity contribution in [1.82, 2.24) is 14.5 Å². The average molecular weight is 542 g/mol. The van der Waals surface area contributed by atoms with Crippen LogP contribution in [0.2, 0.25) is 0 Å². The maximum absolute atomic E-state index is 14.4. The van der Waals surface area contributed by atoms with E-state index in [1.807, 2.05) is 103 Å². The van der Waals surface area contributed by atoms with Gasteiger partial charge in [-0.25, -0.2) is 9.78 Å². The van der Waals surface area contributed by atoms with E-state index >= 15 is 0 Å². The van der Waals surface area contributed by atoms with Crippen molar-refractivity contribution < 1.29 is 14.3 Å². The molecule has 5 aromatic rings. The summed E-state index contributed by atoms with van der Waals surface area (Å²) in [5.41, 5.74) is 5.68. The molecule has 6 heteroatoms. The molecule has 41 heavy (non-hydrogen) atoms. The van der Waals surface area contributed by atoms with Gasteiger partial charge in [0.25, 0.3) is 0 Å². The van der Waals surface area contributed by atoms with Gasteiger partial charge in [-0.05, 0) is 22.3 Å². The molecule has 0 fully saturated rings. The molecule has 0 unspecified atom stereocenters. The maximum Gasteiger partial charge on any atom is 0.328 e. The summed E-state index contributed by atoms with van der Waals surface area (Å²) in [7, 11) is 1.38. The van der Waals surface area contributed by atoms with Crippen molar-refractivity contribution in [2.24, 2.45) is 0 Å². The SMILES string of the molecule is COC(=O)[C@@H]1Cc2c(ncn2C(c2ccccc2)c2ccccc2)CN1C(=O)C(c1ccccc1)c1ccccc1. The molecular weight excluding hydrogens is 510 g/mol. The molecule has 0 radical (unpaired) electrons. The Labute approximate surface area is 239 Å². The fourth-order valence-corrected chi connectivity index (χ4v) is 5.86. The van der Waals surface area contributed by atoms with E-state index in [2.05, 4.69) is 28.8 Å². The van der Waals surface area contributed by atoms with E-state index in [9.17, 15) is 9.59 Å². The Balaban J connectivity index is 1.42. The Morgan fingerprint density at radius 3 is 1.66 bits per heavy atom. The zero-order valence-corrected chi connectivity index (χ0v) is 22.8. The van der Waals surface area contributed by atoms with Crippen LogP contribution in [0.3, 0.4) is 0 Å². The lowest BCUT2D eigenvalue weighted by Gasteiger charge is -2.37. The van der Waals surface area contributed by atoms with E-state index in [4.69, 9.17) is 9.72 Å². The highest BCUT2D eigenvalue weighted by Crippen LogP contribution is 2.35. The Morgan fingerprint density at radius 1 is 0.732 bits per heavy atom. The van der Waals surface area contributed by atoms with Gasteiger partial charge in [-0.1, -0.05) is 121 Å². The number of methoxy groups -OCH3 is 1. The molecule has 6 nitrogen and oxygen atoms in total. The highest BCUT2D eigenvalue weighted by Gasteiger charge is 2.41. The molecule has 0 saturated heterocycles. The van der Waals surface area contributed by atoms with Gasteiger partial charge in [0, 0.05) is 12.1 Å². The van der Waals surface area contributed by atoms with Crippen LogP contribution < -0.4 is 0 Å². The van der Waals surface area contributed by atoms with Crippen LogP contribution in [0.5, 0.6) is 0 Å². The van der Waals surface area contributed by atoms with Crippen molar-refractivity contribution >= 4 is 11.9 Å².